The Kier molecular flexibility index (Phi) is 3.73. The van der Waals surface area contributed by atoms with Crippen molar-refractivity contribution in [2.45, 2.75) is 0 Å². The average Bonchev–Trinajstić information content (AvgIpc) is 3.27. The van der Waals surface area contributed by atoms with E-state index in [4.69, 9.17) is 10.7 Å². The Morgan fingerprint density at radius 3 is 2.55 bits per heavy atom. The molecule has 2 aromatic carbocycles. The molecule has 0 radical (unpaired) electrons. The molecule has 0 bridgehead atoms. The molecule has 3 heterocycles. The summed E-state index contributed by atoms with van der Waals surface area (Å²) in [6.45, 7) is 0. The molecule has 0 unspecified atom stereocenters. The number of benzene rings is 2. The third-order valence-electron chi connectivity index (χ3n) is 4.84. The number of H-pyrrole nitrogens is 1. The minimum atomic E-state index is -0.288. The summed E-state index contributed by atoms with van der Waals surface area (Å²) < 4.78 is 15.5. The second kappa shape index (κ2) is 6.30. The van der Waals surface area contributed by atoms with Crippen molar-refractivity contribution in [1.29, 1.82) is 0 Å². The van der Waals surface area contributed by atoms with E-state index in [2.05, 4.69) is 15.0 Å². The SMILES string of the molecule is CN(C)c1nccn2c(-c3ccc4nc(N)[nH]c4c3)c(-c3ccc(F)cc3)nc12. The summed E-state index contributed by atoms with van der Waals surface area (Å²) in [6.07, 6.45) is 3.62. The summed E-state index contributed by atoms with van der Waals surface area (Å²) in [5.41, 5.74) is 11.5. The van der Waals surface area contributed by atoms with Gasteiger partial charge in [0.25, 0.3) is 0 Å². The third-order valence-corrected chi connectivity index (χ3v) is 4.84. The molecule has 0 saturated carbocycles. The van der Waals surface area contributed by atoms with Crippen molar-refractivity contribution in [3.8, 4) is 22.5 Å². The van der Waals surface area contributed by atoms with Gasteiger partial charge < -0.3 is 15.6 Å². The number of aromatic amines is 1. The Morgan fingerprint density at radius 2 is 1.79 bits per heavy atom. The summed E-state index contributed by atoms with van der Waals surface area (Å²) in [7, 11) is 3.85. The molecular formula is C21H18FN7. The van der Waals surface area contributed by atoms with Gasteiger partial charge in [0.15, 0.2) is 17.4 Å². The average molecular weight is 387 g/mol. The Balaban J connectivity index is 1.84. The Morgan fingerprint density at radius 1 is 1.03 bits per heavy atom. The lowest BCUT2D eigenvalue weighted by Crippen LogP contribution is -2.12. The predicted molar refractivity (Wildman–Crippen MR) is 112 cm³/mol. The van der Waals surface area contributed by atoms with E-state index in [0.717, 1.165) is 45.0 Å². The molecule has 0 aliphatic rings. The van der Waals surface area contributed by atoms with Crippen LogP contribution in [0.3, 0.4) is 0 Å². The van der Waals surface area contributed by atoms with Gasteiger partial charge in [0.2, 0.25) is 0 Å². The zero-order valence-electron chi connectivity index (χ0n) is 15.9. The van der Waals surface area contributed by atoms with Crippen LogP contribution in [-0.4, -0.2) is 38.4 Å². The number of nitrogen functional groups attached to an aromatic ring is 1. The molecule has 0 amide bonds. The van der Waals surface area contributed by atoms with Crippen LogP contribution in [0, 0.1) is 5.82 Å². The van der Waals surface area contributed by atoms with Gasteiger partial charge in [-0.05, 0) is 36.4 Å². The van der Waals surface area contributed by atoms with Gasteiger partial charge in [-0.15, -0.1) is 0 Å². The lowest BCUT2D eigenvalue weighted by Gasteiger charge is -2.12. The minimum absolute atomic E-state index is 0.288. The van der Waals surface area contributed by atoms with Crippen LogP contribution in [0.25, 0.3) is 39.2 Å². The minimum Gasteiger partial charge on any atom is -0.369 e. The summed E-state index contributed by atoms with van der Waals surface area (Å²) in [5.74, 6) is 0.825. The lowest BCUT2D eigenvalue weighted by molar-refractivity contribution is 0.628. The van der Waals surface area contributed by atoms with E-state index in [9.17, 15) is 4.39 Å². The molecule has 7 nitrogen and oxygen atoms in total. The first-order valence-corrected chi connectivity index (χ1v) is 9.07. The van der Waals surface area contributed by atoms with Crippen molar-refractivity contribution >= 4 is 28.4 Å². The first-order chi connectivity index (χ1) is 14.0. The van der Waals surface area contributed by atoms with E-state index in [0.29, 0.717) is 5.95 Å². The van der Waals surface area contributed by atoms with Crippen LogP contribution >= 0.6 is 0 Å². The smallest absolute Gasteiger partial charge is 0.198 e. The number of fused-ring (bicyclic) bond motifs is 2. The van der Waals surface area contributed by atoms with Gasteiger partial charge in [0, 0.05) is 37.6 Å². The van der Waals surface area contributed by atoms with E-state index in [1.54, 1.807) is 18.3 Å². The maximum Gasteiger partial charge on any atom is 0.198 e. The van der Waals surface area contributed by atoms with Gasteiger partial charge in [-0.3, -0.25) is 4.40 Å². The van der Waals surface area contributed by atoms with E-state index in [1.807, 2.05) is 47.8 Å². The highest BCUT2D eigenvalue weighted by Gasteiger charge is 2.20. The second-order valence-corrected chi connectivity index (χ2v) is 7.01. The Bertz CT molecular complexity index is 1350. The molecule has 3 aromatic heterocycles. The molecule has 144 valence electrons. The number of rotatable bonds is 3. The van der Waals surface area contributed by atoms with Crippen molar-refractivity contribution in [3.63, 3.8) is 0 Å². The molecule has 3 N–H and O–H groups in total. The zero-order chi connectivity index (χ0) is 20.1. The van der Waals surface area contributed by atoms with Crippen LogP contribution in [0.2, 0.25) is 0 Å². The molecule has 0 aliphatic heterocycles. The monoisotopic (exact) mass is 387 g/mol. The highest BCUT2D eigenvalue weighted by atomic mass is 19.1. The summed E-state index contributed by atoms with van der Waals surface area (Å²) in [4.78, 5) is 18.6. The Labute approximate surface area is 165 Å². The molecule has 0 saturated heterocycles. The van der Waals surface area contributed by atoms with Gasteiger partial charge >= 0.3 is 0 Å². The number of imidazole rings is 2. The topological polar surface area (TPSA) is 88.1 Å². The molecule has 0 atom stereocenters. The predicted octanol–water partition coefficient (Wildman–Crippen LogP) is 3.73. The number of nitrogens with zero attached hydrogens (tertiary/aromatic N) is 5. The number of nitrogens with two attached hydrogens (primary N) is 1. The van der Waals surface area contributed by atoms with Gasteiger partial charge in [0.1, 0.15) is 5.82 Å². The first kappa shape index (κ1) is 17.2. The van der Waals surface area contributed by atoms with Gasteiger partial charge in [-0.25, -0.2) is 19.3 Å². The van der Waals surface area contributed by atoms with Crippen molar-refractivity contribution < 1.29 is 4.39 Å². The third kappa shape index (κ3) is 2.77. The largest absolute Gasteiger partial charge is 0.369 e. The normalized spacial score (nSPS) is 11.4. The molecule has 8 heteroatoms. The molecule has 29 heavy (non-hydrogen) atoms. The van der Waals surface area contributed by atoms with Gasteiger partial charge in [-0.1, -0.05) is 6.07 Å². The van der Waals surface area contributed by atoms with Crippen LogP contribution in [-0.2, 0) is 0 Å². The molecular weight excluding hydrogens is 369 g/mol. The van der Waals surface area contributed by atoms with Gasteiger partial charge in [0.05, 0.1) is 22.4 Å². The van der Waals surface area contributed by atoms with E-state index < -0.39 is 0 Å². The van der Waals surface area contributed by atoms with Crippen molar-refractivity contribution in [2.75, 3.05) is 24.7 Å². The molecule has 5 rings (SSSR count). The van der Waals surface area contributed by atoms with Crippen LogP contribution in [0.5, 0.6) is 0 Å². The fourth-order valence-electron chi connectivity index (χ4n) is 3.54. The maximum absolute atomic E-state index is 13.5. The van der Waals surface area contributed by atoms with E-state index in [-0.39, 0.29) is 5.82 Å². The summed E-state index contributed by atoms with van der Waals surface area (Å²) in [5, 5.41) is 0. The number of nitrogens with one attached hydrogen (secondary N) is 1. The summed E-state index contributed by atoms with van der Waals surface area (Å²) >= 11 is 0. The second-order valence-electron chi connectivity index (χ2n) is 7.01. The number of hydrogen-bond acceptors (Lipinski definition) is 5. The number of hydrogen-bond donors (Lipinski definition) is 2. The quantitative estimate of drug-likeness (QED) is 0.493. The van der Waals surface area contributed by atoms with Crippen molar-refractivity contribution in [1.82, 2.24) is 24.3 Å². The van der Waals surface area contributed by atoms with Gasteiger partial charge in [-0.2, -0.15) is 0 Å². The molecule has 0 spiro atoms. The molecule has 0 aliphatic carbocycles. The fourth-order valence-corrected chi connectivity index (χ4v) is 3.54. The summed E-state index contributed by atoms with van der Waals surface area (Å²) in [6, 6.07) is 12.2. The van der Waals surface area contributed by atoms with E-state index >= 15 is 0 Å². The standard InChI is InChI=1S/C21H18FN7/c1-28(2)19-20-27-17(12-3-6-14(22)7-4-12)18(29(20)10-9-24-19)13-5-8-15-16(11-13)26-21(23)25-15/h3-11H,1-2H3,(H3,23,25,26). The van der Waals surface area contributed by atoms with Crippen molar-refractivity contribution in [2.24, 2.45) is 0 Å². The number of halogens is 1. The lowest BCUT2D eigenvalue weighted by atomic mass is 10.0. The number of aromatic nitrogens is 5. The van der Waals surface area contributed by atoms with Crippen molar-refractivity contribution in [3.05, 3.63) is 60.7 Å². The van der Waals surface area contributed by atoms with Crippen LogP contribution < -0.4 is 10.6 Å². The molecule has 0 fully saturated rings. The van der Waals surface area contributed by atoms with E-state index in [1.165, 1.54) is 12.1 Å². The van der Waals surface area contributed by atoms with Crippen LogP contribution in [0.1, 0.15) is 0 Å². The van der Waals surface area contributed by atoms with Crippen LogP contribution in [0.4, 0.5) is 16.2 Å². The maximum atomic E-state index is 13.5. The zero-order valence-corrected chi connectivity index (χ0v) is 15.9. The molecule has 5 aromatic rings. The highest BCUT2D eigenvalue weighted by Crippen LogP contribution is 2.35. The highest BCUT2D eigenvalue weighted by molar-refractivity contribution is 5.89. The Hall–Kier alpha value is -3.94. The fraction of sp³-hybridized carbons (Fsp3) is 0.0952. The number of anilines is 2. The first-order valence-electron chi connectivity index (χ1n) is 9.07. The van der Waals surface area contributed by atoms with Crippen LogP contribution in [0.15, 0.2) is 54.9 Å².